The number of fused-ring (bicyclic) bond motifs is 1. The first-order valence-corrected chi connectivity index (χ1v) is 7.89. The van der Waals surface area contributed by atoms with Crippen molar-refractivity contribution in [3.63, 3.8) is 0 Å². The van der Waals surface area contributed by atoms with Crippen LogP contribution >= 0.6 is 11.6 Å². The Hall–Kier alpha value is -2.11. The molecule has 0 atom stereocenters. The van der Waals surface area contributed by atoms with Crippen LogP contribution in [0.3, 0.4) is 0 Å². The minimum atomic E-state index is -1.06. The molecule has 1 aliphatic heterocycles. The summed E-state index contributed by atoms with van der Waals surface area (Å²) in [5.74, 6) is -0.167. The maximum absolute atomic E-state index is 13.2. The fraction of sp³-hybridized carbons (Fsp3) is 0.278. The zero-order valence-corrected chi connectivity index (χ0v) is 14.1. The maximum Gasteiger partial charge on any atom is 0.167 e. The van der Waals surface area contributed by atoms with Crippen LogP contribution in [-0.2, 0) is 12.8 Å². The summed E-state index contributed by atoms with van der Waals surface area (Å²) >= 11 is 5.76. The number of carbonyl (C=O) groups excluding carboxylic acids is 1. The number of aliphatic imine (C=N–C) groups is 1. The van der Waals surface area contributed by atoms with Crippen LogP contribution in [-0.4, -0.2) is 27.2 Å². The molecule has 24 heavy (non-hydrogen) atoms. The van der Waals surface area contributed by atoms with Crippen molar-refractivity contribution in [1.82, 2.24) is 4.98 Å². The highest BCUT2D eigenvalue weighted by atomic mass is 35.5. The van der Waals surface area contributed by atoms with Gasteiger partial charge in [-0.05, 0) is 37.6 Å². The number of benzene rings is 1. The molecular weight excluding hydrogens is 331 g/mol. The number of ketones is 1. The van der Waals surface area contributed by atoms with Crippen molar-refractivity contribution in [3.05, 3.63) is 58.0 Å². The minimum absolute atomic E-state index is 0.00657. The van der Waals surface area contributed by atoms with Crippen LogP contribution in [0, 0.1) is 5.82 Å². The molecule has 4 nitrogen and oxygen atoms in total. The second kappa shape index (κ2) is 6.07. The minimum Gasteiger partial charge on any atom is -0.384 e. The molecule has 1 N–H and O–H groups in total. The van der Waals surface area contributed by atoms with Crippen LogP contribution in [0.1, 0.15) is 35.3 Å². The molecule has 0 fully saturated rings. The summed E-state index contributed by atoms with van der Waals surface area (Å²) in [6, 6.07) is 5.89. The number of pyridine rings is 1. The van der Waals surface area contributed by atoms with Crippen molar-refractivity contribution < 1.29 is 14.3 Å². The van der Waals surface area contributed by atoms with Crippen LogP contribution in [0.4, 0.5) is 10.2 Å². The summed E-state index contributed by atoms with van der Waals surface area (Å²) in [5.41, 5.74) is 1.39. The summed E-state index contributed by atoms with van der Waals surface area (Å²) in [5, 5.41) is 10.1. The molecule has 6 heteroatoms. The molecule has 0 saturated heterocycles. The molecular formula is C18H16ClFN2O2. The number of halogens is 2. The molecule has 0 amide bonds. The Morgan fingerprint density at radius 3 is 2.79 bits per heavy atom. The third-order valence-corrected chi connectivity index (χ3v) is 4.26. The highest BCUT2D eigenvalue weighted by Gasteiger charge is 2.30. The molecule has 0 saturated carbocycles. The van der Waals surface area contributed by atoms with Gasteiger partial charge in [0.15, 0.2) is 11.6 Å². The van der Waals surface area contributed by atoms with E-state index in [0.29, 0.717) is 34.6 Å². The largest absolute Gasteiger partial charge is 0.384 e. The Morgan fingerprint density at radius 1 is 1.38 bits per heavy atom. The topological polar surface area (TPSA) is 62.6 Å². The van der Waals surface area contributed by atoms with Gasteiger partial charge in [0.2, 0.25) is 0 Å². The number of rotatable bonds is 4. The Bertz CT molecular complexity index is 857. The summed E-state index contributed by atoms with van der Waals surface area (Å²) < 4.78 is 13.2. The summed E-state index contributed by atoms with van der Waals surface area (Å²) in [6.07, 6.45) is 2.02. The summed E-state index contributed by atoms with van der Waals surface area (Å²) in [6.45, 7) is 3.31. The van der Waals surface area contributed by atoms with Crippen molar-refractivity contribution in [1.29, 1.82) is 0 Å². The van der Waals surface area contributed by atoms with Crippen molar-refractivity contribution in [2.24, 2.45) is 4.99 Å². The predicted octanol–water partition coefficient (Wildman–Crippen LogP) is 3.70. The van der Waals surface area contributed by atoms with Gasteiger partial charge in [0.25, 0.3) is 0 Å². The van der Waals surface area contributed by atoms with Gasteiger partial charge in [0.05, 0.1) is 16.3 Å². The van der Waals surface area contributed by atoms with E-state index < -0.39 is 11.4 Å². The Kier molecular flexibility index (Phi) is 4.24. The van der Waals surface area contributed by atoms with Crippen molar-refractivity contribution >= 4 is 28.9 Å². The molecule has 124 valence electrons. The first kappa shape index (κ1) is 16.7. The zero-order chi connectivity index (χ0) is 17.5. The molecule has 0 unspecified atom stereocenters. The van der Waals surface area contributed by atoms with Gasteiger partial charge < -0.3 is 5.11 Å². The average Bonchev–Trinajstić information content (AvgIpc) is 2.95. The SMILES string of the molecule is CC(C)(O)C1=Nc2nccc(C(=O)Cc3ccc(F)c(Cl)c3)c2C1. The van der Waals surface area contributed by atoms with Crippen molar-refractivity contribution in [2.45, 2.75) is 32.3 Å². The number of aromatic nitrogens is 1. The van der Waals surface area contributed by atoms with Gasteiger partial charge in [-0.2, -0.15) is 0 Å². The van der Waals surface area contributed by atoms with Gasteiger partial charge in [-0.3, -0.25) is 4.79 Å². The van der Waals surface area contributed by atoms with Crippen molar-refractivity contribution in [3.8, 4) is 0 Å². The number of hydrogen-bond donors (Lipinski definition) is 1. The monoisotopic (exact) mass is 346 g/mol. The van der Waals surface area contributed by atoms with E-state index in [1.807, 2.05) is 0 Å². The quantitative estimate of drug-likeness (QED) is 0.858. The van der Waals surface area contributed by atoms with Gasteiger partial charge in [0.1, 0.15) is 5.82 Å². The van der Waals surface area contributed by atoms with Gasteiger partial charge in [0, 0.05) is 30.2 Å². The first-order chi connectivity index (χ1) is 11.3. The average molecular weight is 347 g/mol. The normalized spacial score (nSPS) is 13.6. The lowest BCUT2D eigenvalue weighted by molar-refractivity contribution is 0.0992. The highest BCUT2D eigenvalue weighted by Crippen LogP contribution is 2.31. The number of hydrogen-bond acceptors (Lipinski definition) is 4. The number of carbonyl (C=O) groups is 1. The van der Waals surface area contributed by atoms with Crippen LogP contribution < -0.4 is 0 Å². The van der Waals surface area contributed by atoms with Crippen LogP contribution in [0.15, 0.2) is 35.5 Å². The van der Waals surface area contributed by atoms with Crippen LogP contribution in [0.2, 0.25) is 5.02 Å². The van der Waals surface area contributed by atoms with Gasteiger partial charge >= 0.3 is 0 Å². The number of aliphatic hydroxyl groups is 1. The lowest BCUT2D eigenvalue weighted by atomic mass is 9.94. The van der Waals surface area contributed by atoms with Gasteiger partial charge in [-0.15, -0.1) is 0 Å². The van der Waals surface area contributed by atoms with E-state index in [0.717, 1.165) is 0 Å². The van der Waals surface area contributed by atoms with E-state index in [9.17, 15) is 14.3 Å². The predicted molar refractivity (Wildman–Crippen MR) is 90.8 cm³/mol. The lowest BCUT2D eigenvalue weighted by Gasteiger charge is -2.16. The molecule has 1 aromatic carbocycles. The van der Waals surface area contributed by atoms with E-state index in [1.165, 1.54) is 18.3 Å². The molecule has 3 rings (SSSR count). The molecule has 0 spiro atoms. The zero-order valence-electron chi connectivity index (χ0n) is 13.3. The molecule has 2 aromatic rings. The fourth-order valence-electron chi connectivity index (χ4n) is 2.63. The number of Topliss-reactive ketones (excluding diaryl/α,β-unsaturated/α-hetero) is 1. The third-order valence-electron chi connectivity index (χ3n) is 3.97. The Balaban J connectivity index is 1.87. The fourth-order valence-corrected chi connectivity index (χ4v) is 2.83. The summed E-state index contributed by atoms with van der Waals surface area (Å²) in [4.78, 5) is 21.2. The Morgan fingerprint density at radius 2 is 2.12 bits per heavy atom. The van der Waals surface area contributed by atoms with E-state index in [-0.39, 0.29) is 17.2 Å². The molecule has 0 bridgehead atoms. The lowest BCUT2D eigenvalue weighted by Crippen LogP contribution is -2.31. The molecule has 1 aromatic heterocycles. The van der Waals surface area contributed by atoms with Gasteiger partial charge in [-0.1, -0.05) is 17.7 Å². The number of nitrogens with zero attached hydrogens (tertiary/aromatic N) is 2. The third kappa shape index (κ3) is 3.23. The van der Waals surface area contributed by atoms with Crippen LogP contribution in [0.5, 0.6) is 0 Å². The first-order valence-electron chi connectivity index (χ1n) is 7.51. The van der Waals surface area contributed by atoms with E-state index in [4.69, 9.17) is 11.6 Å². The Labute approximate surface area is 144 Å². The molecule has 1 aliphatic rings. The molecule has 0 radical (unpaired) electrons. The van der Waals surface area contributed by atoms with E-state index >= 15 is 0 Å². The van der Waals surface area contributed by atoms with Crippen LogP contribution in [0.25, 0.3) is 0 Å². The van der Waals surface area contributed by atoms with E-state index in [1.54, 1.807) is 26.0 Å². The maximum atomic E-state index is 13.2. The molecule has 0 aliphatic carbocycles. The summed E-state index contributed by atoms with van der Waals surface area (Å²) in [7, 11) is 0. The van der Waals surface area contributed by atoms with E-state index in [2.05, 4.69) is 9.98 Å². The second-order valence-electron chi connectivity index (χ2n) is 6.30. The second-order valence-corrected chi connectivity index (χ2v) is 6.71. The van der Waals surface area contributed by atoms with Crippen molar-refractivity contribution in [2.75, 3.05) is 0 Å². The van der Waals surface area contributed by atoms with Gasteiger partial charge in [-0.25, -0.2) is 14.4 Å². The standard InChI is InChI=1S/C18H16ClFN2O2/c1-18(2,24)16-9-12-11(5-6-21-17(12)22-16)15(23)8-10-3-4-14(20)13(19)7-10/h3-7,24H,8-9H2,1-2H3. The molecule has 2 heterocycles. The smallest absolute Gasteiger partial charge is 0.167 e. The highest BCUT2D eigenvalue weighted by molar-refractivity contribution is 6.30.